The molecule has 5 heteroatoms. The third-order valence-electron chi connectivity index (χ3n) is 4.56. The summed E-state index contributed by atoms with van der Waals surface area (Å²) in [6.45, 7) is 6.90. The van der Waals surface area contributed by atoms with Crippen LogP contribution in [0.15, 0.2) is 0 Å². The van der Waals surface area contributed by atoms with Gasteiger partial charge < -0.3 is 21.9 Å². The average Bonchev–Trinajstić information content (AvgIpc) is 2.62. The van der Waals surface area contributed by atoms with Crippen molar-refractivity contribution < 1.29 is 9.90 Å². The van der Waals surface area contributed by atoms with Crippen LogP contribution < -0.4 is 16.8 Å². The van der Waals surface area contributed by atoms with Crippen molar-refractivity contribution in [3.05, 3.63) is 0 Å². The van der Waals surface area contributed by atoms with Crippen LogP contribution in [0, 0.1) is 5.92 Å². The summed E-state index contributed by atoms with van der Waals surface area (Å²) in [5.74, 6) is 0.719. The molecular formula is C22H49N3O2. The van der Waals surface area contributed by atoms with Gasteiger partial charge in [0.25, 0.3) is 0 Å². The van der Waals surface area contributed by atoms with Gasteiger partial charge in [0.05, 0.1) is 6.61 Å². The van der Waals surface area contributed by atoms with Crippen molar-refractivity contribution >= 4 is 5.91 Å². The number of amides is 1. The fourth-order valence-corrected chi connectivity index (χ4v) is 2.93. The summed E-state index contributed by atoms with van der Waals surface area (Å²) in [6, 6.07) is 0. The molecule has 0 aromatic carbocycles. The van der Waals surface area contributed by atoms with E-state index in [4.69, 9.17) is 16.6 Å². The van der Waals surface area contributed by atoms with Gasteiger partial charge in [-0.1, -0.05) is 90.9 Å². The zero-order valence-electron chi connectivity index (χ0n) is 18.3. The molecule has 1 amide bonds. The predicted molar refractivity (Wildman–Crippen MR) is 118 cm³/mol. The Balaban J connectivity index is 0. The third kappa shape index (κ3) is 33.4. The molecule has 0 saturated heterocycles. The molecule has 0 aromatic heterocycles. The van der Waals surface area contributed by atoms with Gasteiger partial charge in [-0.05, 0) is 12.3 Å². The van der Waals surface area contributed by atoms with Crippen LogP contribution in [-0.4, -0.2) is 37.3 Å². The highest BCUT2D eigenvalue weighted by Gasteiger charge is 1.96. The normalized spacial score (nSPS) is 10.7. The second-order valence-electron chi connectivity index (χ2n) is 7.90. The van der Waals surface area contributed by atoms with Crippen molar-refractivity contribution in [1.82, 2.24) is 5.32 Å². The Kier molecular flexibility index (Phi) is 26.8. The lowest BCUT2D eigenvalue weighted by atomic mass is 10.0. The number of unbranched alkanes of at least 4 members (excludes halogenated alkanes) is 11. The number of nitrogens with one attached hydrogen (secondary N) is 1. The molecule has 0 bridgehead atoms. The number of primary amides is 1. The van der Waals surface area contributed by atoms with Crippen LogP contribution in [0.5, 0.6) is 0 Å². The van der Waals surface area contributed by atoms with Crippen LogP contribution in [0.2, 0.25) is 0 Å². The molecule has 0 aliphatic rings. The number of nitrogens with two attached hydrogens (primary N) is 2. The van der Waals surface area contributed by atoms with Crippen LogP contribution in [0.25, 0.3) is 0 Å². The van der Waals surface area contributed by atoms with Crippen molar-refractivity contribution in [3.8, 4) is 0 Å². The maximum absolute atomic E-state index is 10.6. The first-order chi connectivity index (χ1) is 13.0. The molecule has 0 heterocycles. The number of carbonyl (C=O) groups excluding carboxylic acids is 1. The van der Waals surface area contributed by atoms with E-state index in [0.717, 1.165) is 18.9 Å². The summed E-state index contributed by atoms with van der Waals surface area (Å²) in [7, 11) is 0. The number of carbonyl (C=O) groups is 1. The lowest BCUT2D eigenvalue weighted by molar-refractivity contribution is -0.118. The Hall–Kier alpha value is -0.650. The Morgan fingerprint density at radius 3 is 1.63 bits per heavy atom. The Morgan fingerprint density at radius 1 is 0.815 bits per heavy atom. The molecule has 0 aliphatic carbocycles. The van der Waals surface area contributed by atoms with E-state index < -0.39 is 0 Å². The summed E-state index contributed by atoms with van der Waals surface area (Å²) in [4.78, 5) is 10.6. The van der Waals surface area contributed by atoms with Gasteiger partial charge in [0.2, 0.25) is 5.91 Å². The highest BCUT2D eigenvalue weighted by Crippen LogP contribution is 2.14. The van der Waals surface area contributed by atoms with Gasteiger partial charge in [0.1, 0.15) is 0 Å². The molecule has 0 rings (SSSR count). The van der Waals surface area contributed by atoms with Crippen molar-refractivity contribution in [2.75, 3.05) is 26.2 Å². The van der Waals surface area contributed by atoms with E-state index >= 15 is 0 Å². The second kappa shape index (κ2) is 25.4. The van der Waals surface area contributed by atoms with Crippen LogP contribution in [0.3, 0.4) is 0 Å². The Bertz CT molecular complexity index is 283. The summed E-state index contributed by atoms with van der Waals surface area (Å²) in [5.41, 5.74) is 10.2. The van der Waals surface area contributed by atoms with E-state index in [1.165, 1.54) is 77.0 Å². The molecule has 0 fully saturated rings. The van der Waals surface area contributed by atoms with E-state index in [0.29, 0.717) is 19.5 Å². The lowest BCUT2D eigenvalue weighted by Crippen LogP contribution is -2.24. The molecule has 0 unspecified atom stereocenters. The quantitative estimate of drug-likeness (QED) is 0.250. The first kappa shape index (κ1) is 28.6. The third-order valence-corrected chi connectivity index (χ3v) is 4.56. The molecule has 0 spiro atoms. The van der Waals surface area contributed by atoms with E-state index in [2.05, 4.69) is 19.2 Å². The molecule has 0 radical (unpaired) electrons. The number of rotatable bonds is 19. The molecule has 0 aromatic rings. The topological polar surface area (TPSA) is 101 Å². The van der Waals surface area contributed by atoms with Gasteiger partial charge in [-0.2, -0.15) is 0 Å². The van der Waals surface area contributed by atoms with E-state index in [-0.39, 0.29) is 12.5 Å². The average molecular weight is 388 g/mol. The van der Waals surface area contributed by atoms with Crippen molar-refractivity contribution in [2.24, 2.45) is 17.4 Å². The highest BCUT2D eigenvalue weighted by molar-refractivity contribution is 5.73. The summed E-state index contributed by atoms with van der Waals surface area (Å²) in [6.07, 6.45) is 18.0. The SMILES string of the molecule is CC(C)CCCCCCCCCCCCCCC(N)=O.NCCNCCO. The standard InChI is InChI=1S/C18H37NO.C4H12N2O/c1-17(2)15-13-11-9-7-5-3-4-6-8-10-12-14-16-18(19)20;5-1-2-6-3-4-7/h17H,3-16H2,1-2H3,(H2,19,20);6-7H,1-5H2. The van der Waals surface area contributed by atoms with Crippen LogP contribution >= 0.6 is 0 Å². The van der Waals surface area contributed by atoms with E-state index in [9.17, 15) is 4.79 Å². The Labute approximate surface area is 169 Å². The van der Waals surface area contributed by atoms with Crippen molar-refractivity contribution in [2.45, 2.75) is 104 Å². The van der Waals surface area contributed by atoms with Gasteiger partial charge >= 0.3 is 0 Å². The van der Waals surface area contributed by atoms with E-state index in [1.807, 2.05) is 0 Å². The van der Waals surface area contributed by atoms with Crippen LogP contribution in [-0.2, 0) is 4.79 Å². The van der Waals surface area contributed by atoms with Gasteiger partial charge in [0, 0.05) is 26.1 Å². The number of hydrogen-bond acceptors (Lipinski definition) is 4. The van der Waals surface area contributed by atoms with Gasteiger partial charge in [-0.3, -0.25) is 4.79 Å². The minimum Gasteiger partial charge on any atom is -0.395 e. The summed E-state index contributed by atoms with van der Waals surface area (Å²) in [5, 5.41) is 11.1. The first-order valence-electron chi connectivity index (χ1n) is 11.3. The molecule has 0 aliphatic heterocycles. The summed E-state index contributed by atoms with van der Waals surface area (Å²) >= 11 is 0. The number of hydrogen-bond donors (Lipinski definition) is 4. The zero-order valence-corrected chi connectivity index (χ0v) is 18.3. The predicted octanol–water partition coefficient (Wildman–Crippen LogP) is 4.12. The number of aliphatic hydroxyl groups excluding tert-OH is 1. The van der Waals surface area contributed by atoms with Gasteiger partial charge in [-0.25, -0.2) is 0 Å². The van der Waals surface area contributed by atoms with Gasteiger partial charge in [0.15, 0.2) is 0 Å². The minimum atomic E-state index is -0.154. The van der Waals surface area contributed by atoms with Crippen LogP contribution in [0.4, 0.5) is 0 Å². The van der Waals surface area contributed by atoms with Crippen LogP contribution in [0.1, 0.15) is 104 Å². The zero-order chi connectivity index (χ0) is 20.6. The largest absolute Gasteiger partial charge is 0.395 e. The van der Waals surface area contributed by atoms with Crippen molar-refractivity contribution in [3.63, 3.8) is 0 Å². The first-order valence-corrected chi connectivity index (χ1v) is 11.3. The number of aliphatic hydroxyl groups is 1. The summed E-state index contributed by atoms with van der Waals surface area (Å²) < 4.78 is 0. The van der Waals surface area contributed by atoms with E-state index in [1.54, 1.807) is 0 Å². The molecule has 164 valence electrons. The monoisotopic (exact) mass is 387 g/mol. The van der Waals surface area contributed by atoms with Crippen molar-refractivity contribution in [1.29, 1.82) is 0 Å². The second-order valence-corrected chi connectivity index (χ2v) is 7.90. The fraction of sp³-hybridized carbons (Fsp3) is 0.955. The van der Waals surface area contributed by atoms with Gasteiger partial charge in [-0.15, -0.1) is 0 Å². The lowest BCUT2D eigenvalue weighted by Gasteiger charge is -2.04. The fourth-order valence-electron chi connectivity index (χ4n) is 2.93. The maximum Gasteiger partial charge on any atom is 0.217 e. The Morgan fingerprint density at radius 2 is 1.26 bits per heavy atom. The molecule has 5 nitrogen and oxygen atoms in total. The molecular weight excluding hydrogens is 338 g/mol. The highest BCUT2D eigenvalue weighted by atomic mass is 16.3. The molecule has 27 heavy (non-hydrogen) atoms. The molecule has 6 N–H and O–H groups in total. The molecule has 0 saturated carbocycles. The minimum absolute atomic E-state index is 0.154. The smallest absolute Gasteiger partial charge is 0.217 e. The molecule has 0 atom stereocenters. The maximum atomic E-state index is 10.6.